The zero-order valence-electron chi connectivity index (χ0n) is 16.5. The number of benzene rings is 1. The summed E-state index contributed by atoms with van der Waals surface area (Å²) >= 11 is 1.22. The number of H-pyrrole nitrogens is 1. The van der Waals surface area contributed by atoms with Gasteiger partial charge in [0.05, 0.1) is 23.7 Å². The third-order valence-corrected chi connectivity index (χ3v) is 5.60. The highest BCUT2D eigenvalue weighted by Gasteiger charge is 2.19. The summed E-state index contributed by atoms with van der Waals surface area (Å²) in [4.78, 5) is 20.1. The van der Waals surface area contributed by atoms with Crippen molar-refractivity contribution >= 4 is 22.8 Å². The topological polar surface area (TPSA) is 107 Å². The Balaban J connectivity index is 1.58. The summed E-state index contributed by atoms with van der Waals surface area (Å²) in [6, 6.07) is 11.4. The van der Waals surface area contributed by atoms with Crippen LogP contribution in [-0.2, 0) is 6.54 Å². The van der Waals surface area contributed by atoms with Crippen LogP contribution in [0.1, 0.15) is 5.76 Å². The van der Waals surface area contributed by atoms with E-state index in [2.05, 4.69) is 31.8 Å². The second kappa shape index (κ2) is 7.73. The number of allylic oxidation sites excluding steroid dienone is 1. The van der Waals surface area contributed by atoms with E-state index in [0.29, 0.717) is 33.7 Å². The average molecular weight is 431 g/mol. The van der Waals surface area contributed by atoms with Gasteiger partial charge >= 0.3 is 0 Å². The minimum Gasteiger partial charge on any atom is -0.469 e. The van der Waals surface area contributed by atoms with Gasteiger partial charge in [-0.05, 0) is 36.9 Å². The number of para-hydroxylation sites is 1. The van der Waals surface area contributed by atoms with Gasteiger partial charge in [-0.25, -0.2) is 9.67 Å². The molecule has 0 aliphatic carbocycles. The Kier molecular flexibility index (Phi) is 4.75. The summed E-state index contributed by atoms with van der Waals surface area (Å²) < 4.78 is 8.95. The van der Waals surface area contributed by atoms with Gasteiger partial charge in [-0.3, -0.25) is 9.36 Å². The maximum Gasteiger partial charge on any atom is 0.262 e. The minimum absolute atomic E-state index is 0.268. The third-order valence-electron chi connectivity index (χ3n) is 4.73. The lowest BCUT2D eigenvalue weighted by Crippen LogP contribution is -2.10. The molecule has 10 heteroatoms. The lowest BCUT2D eigenvalue weighted by Gasteiger charge is -2.07. The number of aromatic amines is 1. The molecule has 0 atom stereocenters. The molecule has 5 rings (SSSR count). The summed E-state index contributed by atoms with van der Waals surface area (Å²) in [5.74, 6) is 1.40. The molecule has 0 aliphatic rings. The van der Waals surface area contributed by atoms with Crippen LogP contribution in [0.25, 0.3) is 28.1 Å². The fourth-order valence-corrected chi connectivity index (χ4v) is 4.07. The van der Waals surface area contributed by atoms with Crippen LogP contribution in [0.5, 0.6) is 0 Å². The number of furan rings is 1. The van der Waals surface area contributed by atoms with Gasteiger partial charge in [0, 0.05) is 6.54 Å². The maximum atomic E-state index is 12.6. The zero-order valence-corrected chi connectivity index (χ0v) is 17.3. The van der Waals surface area contributed by atoms with E-state index in [1.807, 2.05) is 47.9 Å². The van der Waals surface area contributed by atoms with Crippen LogP contribution in [0.3, 0.4) is 0 Å². The molecule has 0 saturated heterocycles. The summed E-state index contributed by atoms with van der Waals surface area (Å²) in [6.45, 7) is 6.19. The SMILES string of the molecule is C=CCn1c(Sc2nc3c(cnn3-c3ccccc3)c(=O)[nH]2)nnc1-c1ccoc1C. The van der Waals surface area contributed by atoms with Crippen molar-refractivity contribution in [2.75, 3.05) is 0 Å². The van der Waals surface area contributed by atoms with Crippen molar-refractivity contribution in [2.24, 2.45) is 0 Å². The predicted molar refractivity (Wildman–Crippen MR) is 116 cm³/mol. The molecule has 154 valence electrons. The largest absolute Gasteiger partial charge is 0.469 e. The van der Waals surface area contributed by atoms with Gasteiger partial charge in [0.2, 0.25) is 0 Å². The van der Waals surface area contributed by atoms with E-state index >= 15 is 0 Å². The van der Waals surface area contributed by atoms with Crippen LogP contribution in [0, 0.1) is 6.92 Å². The van der Waals surface area contributed by atoms with Crippen molar-refractivity contribution in [1.29, 1.82) is 0 Å². The van der Waals surface area contributed by atoms with Gasteiger partial charge in [0.15, 0.2) is 21.8 Å². The predicted octanol–water partition coefficient (Wildman–Crippen LogP) is 3.61. The van der Waals surface area contributed by atoms with E-state index in [1.54, 1.807) is 17.0 Å². The highest BCUT2D eigenvalue weighted by Crippen LogP contribution is 2.30. The molecule has 4 aromatic heterocycles. The normalized spacial score (nSPS) is 11.3. The number of nitrogens with one attached hydrogen (secondary N) is 1. The Morgan fingerprint density at radius 3 is 2.81 bits per heavy atom. The van der Waals surface area contributed by atoms with E-state index in [9.17, 15) is 4.79 Å². The fraction of sp³-hybridized carbons (Fsp3) is 0.0952. The lowest BCUT2D eigenvalue weighted by molar-refractivity contribution is 0.534. The molecule has 0 unspecified atom stereocenters. The lowest BCUT2D eigenvalue weighted by atomic mass is 10.2. The molecular weight excluding hydrogens is 414 g/mol. The van der Waals surface area contributed by atoms with Gasteiger partial charge in [-0.2, -0.15) is 5.10 Å². The first-order valence-electron chi connectivity index (χ1n) is 9.45. The van der Waals surface area contributed by atoms with Crippen LogP contribution in [0.2, 0.25) is 0 Å². The zero-order chi connectivity index (χ0) is 21.4. The van der Waals surface area contributed by atoms with Crippen LogP contribution in [-0.4, -0.2) is 34.5 Å². The summed E-state index contributed by atoms with van der Waals surface area (Å²) in [5, 5.41) is 14.3. The molecule has 31 heavy (non-hydrogen) atoms. The number of hydrogen-bond donors (Lipinski definition) is 1. The molecule has 0 amide bonds. The second-order valence-electron chi connectivity index (χ2n) is 6.70. The third kappa shape index (κ3) is 3.36. The van der Waals surface area contributed by atoms with E-state index < -0.39 is 0 Å². The number of hydrogen-bond acceptors (Lipinski definition) is 7. The van der Waals surface area contributed by atoms with Crippen LogP contribution in [0.4, 0.5) is 0 Å². The molecule has 0 fully saturated rings. The van der Waals surface area contributed by atoms with Crippen molar-refractivity contribution in [3.05, 3.63) is 77.6 Å². The van der Waals surface area contributed by atoms with Gasteiger partial charge in [0.25, 0.3) is 5.56 Å². The monoisotopic (exact) mass is 431 g/mol. The Morgan fingerprint density at radius 1 is 1.23 bits per heavy atom. The van der Waals surface area contributed by atoms with Gasteiger partial charge in [-0.15, -0.1) is 16.8 Å². The van der Waals surface area contributed by atoms with Crippen LogP contribution >= 0.6 is 11.8 Å². The van der Waals surface area contributed by atoms with Gasteiger partial charge in [-0.1, -0.05) is 24.3 Å². The highest BCUT2D eigenvalue weighted by atomic mass is 32.2. The number of aryl methyl sites for hydroxylation is 1. The van der Waals surface area contributed by atoms with Crippen molar-refractivity contribution < 1.29 is 4.42 Å². The Morgan fingerprint density at radius 2 is 2.06 bits per heavy atom. The first kappa shape index (κ1) is 19.1. The van der Waals surface area contributed by atoms with E-state index in [0.717, 1.165) is 17.0 Å². The molecule has 4 heterocycles. The van der Waals surface area contributed by atoms with Crippen molar-refractivity contribution in [3.63, 3.8) is 0 Å². The Labute approximate surface area is 180 Å². The van der Waals surface area contributed by atoms with Crippen LogP contribution in [0.15, 0.2) is 81.0 Å². The minimum atomic E-state index is -0.268. The van der Waals surface area contributed by atoms with Crippen molar-refractivity contribution in [2.45, 2.75) is 23.8 Å². The molecule has 0 spiro atoms. The summed E-state index contributed by atoms with van der Waals surface area (Å²) in [5.41, 5.74) is 1.87. The van der Waals surface area contributed by atoms with Crippen molar-refractivity contribution in [3.8, 4) is 17.1 Å². The van der Waals surface area contributed by atoms with E-state index in [1.165, 1.54) is 18.0 Å². The highest BCUT2D eigenvalue weighted by molar-refractivity contribution is 7.99. The molecule has 0 saturated carbocycles. The molecule has 0 radical (unpaired) electrons. The molecule has 9 nitrogen and oxygen atoms in total. The van der Waals surface area contributed by atoms with Crippen LogP contribution < -0.4 is 5.56 Å². The Bertz CT molecular complexity index is 1450. The molecule has 5 aromatic rings. The summed E-state index contributed by atoms with van der Waals surface area (Å²) in [6.07, 6.45) is 4.89. The number of nitrogens with zero attached hydrogens (tertiary/aromatic N) is 6. The Hall–Kier alpha value is -3.92. The van der Waals surface area contributed by atoms with E-state index in [4.69, 9.17) is 4.42 Å². The molecular formula is C21H17N7O2S. The maximum absolute atomic E-state index is 12.6. The second-order valence-corrected chi connectivity index (χ2v) is 7.65. The molecule has 1 N–H and O–H groups in total. The number of aromatic nitrogens is 7. The standard InChI is InChI=1S/C21H17N7O2S/c1-3-10-27-18(15-9-11-30-13(15)2)25-26-21(27)31-20-23-17-16(19(29)24-20)12-22-28(17)14-7-5-4-6-8-14/h3-9,11-12H,1,10H2,2H3,(H,23,24,29). The van der Waals surface area contributed by atoms with Gasteiger partial charge < -0.3 is 9.40 Å². The number of fused-ring (bicyclic) bond motifs is 1. The summed E-state index contributed by atoms with van der Waals surface area (Å²) in [7, 11) is 0. The smallest absolute Gasteiger partial charge is 0.262 e. The first-order valence-corrected chi connectivity index (χ1v) is 10.3. The van der Waals surface area contributed by atoms with Gasteiger partial charge in [0.1, 0.15) is 11.1 Å². The molecule has 0 bridgehead atoms. The number of rotatable bonds is 6. The fourth-order valence-electron chi connectivity index (χ4n) is 3.27. The molecule has 1 aromatic carbocycles. The molecule has 0 aliphatic heterocycles. The average Bonchev–Trinajstić information content (AvgIpc) is 3.48. The quantitative estimate of drug-likeness (QED) is 0.323. The van der Waals surface area contributed by atoms with Crippen molar-refractivity contribution in [1.82, 2.24) is 34.5 Å². The van der Waals surface area contributed by atoms with E-state index in [-0.39, 0.29) is 5.56 Å². The first-order chi connectivity index (χ1) is 15.2.